The highest BCUT2D eigenvalue weighted by Crippen LogP contribution is 2.27. The number of esters is 2. The third-order valence-electron chi connectivity index (χ3n) is 2.98. The van der Waals surface area contributed by atoms with E-state index in [0.717, 1.165) is 6.92 Å². The van der Waals surface area contributed by atoms with E-state index in [1.807, 2.05) is 0 Å². The Hall–Kier alpha value is -1.74. The molecule has 0 spiro atoms. The molecule has 0 bridgehead atoms. The number of carbonyl (C=O) groups excluding carboxylic acids is 3. The van der Waals surface area contributed by atoms with Crippen LogP contribution in [0.3, 0.4) is 0 Å². The fraction of sp³-hybridized carbons (Fsp3) is 0.769. The summed E-state index contributed by atoms with van der Waals surface area (Å²) in [6, 6.07) is -1.15. The summed E-state index contributed by atoms with van der Waals surface area (Å²) in [5.41, 5.74) is 0. The fourth-order valence-corrected chi connectivity index (χ4v) is 2.14. The fourth-order valence-electron chi connectivity index (χ4n) is 2.14. The van der Waals surface area contributed by atoms with Gasteiger partial charge in [0.2, 0.25) is 5.91 Å². The highest BCUT2D eigenvalue weighted by molar-refractivity contribution is 5.73. The van der Waals surface area contributed by atoms with Crippen LogP contribution < -0.4 is 5.32 Å². The lowest BCUT2D eigenvalue weighted by molar-refractivity contribution is -0.258. The van der Waals surface area contributed by atoms with E-state index < -0.39 is 48.6 Å². The molecule has 1 aliphatic heterocycles. The van der Waals surface area contributed by atoms with Crippen molar-refractivity contribution in [3.8, 4) is 0 Å². The average Bonchev–Trinajstić information content (AvgIpc) is 2.41. The first-order valence-electron chi connectivity index (χ1n) is 6.66. The van der Waals surface area contributed by atoms with Gasteiger partial charge in [0.1, 0.15) is 18.8 Å². The van der Waals surface area contributed by atoms with Gasteiger partial charge >= 0.3 is 11.9 Å². The minimum Gasteiger partial charge on any atom is -0.463 e. The lowest BCUT2D eigenvalue weighted by Crippen LogP contribution is -2.64. The molecule has 0 aromatic heterocycles. The van der Waals surface area contributed by atoms with Gasteiger partial charge in [0.05, 0.1) is 0 Å². The quantitative estimate of drug-likeness (QED) is 0.694. The Labute approximate surface area is 127 Å². The Morgan fingerprint density at radius 3 is 2.27 bits per heavy atom. The number of rotatable bonds is 5. The maximum Gasteiger partial charge on any atom is 0.303 e. The van der Waals surface area contributed by atoms with E-state index in [4.69, 9.17) is 18.9 Å². The first-order chi connectivity index (χ1) is 10.3. The van der Waals surface area contributed by atoms with Crippen molar-refractivity contribution in [2.45, 2.75) is 51.5 Å². The SMILES string of the molecule is COC1OC(COC(C)=O)C(OC(C)=O)C(F)C1NC(C)=O. The molecule has 1 fully saturated rings. The van der Waals surface area contributed by atoms with Crippen LogP contribution in [-0.4, -0.2) is 62.3 Å². The molecule has 0 aromatic rings. The van der Waals surface area contributed by atoms with Crippen molar-refractivity contribution in [2.75, 3.05) is 13.7 Å². The van der Waals surface area contributed by atoms with Gasteiger partial charge in [-0.05, 0) is 0 Å². The Balaban J connectivity index is 2.94. The summed E-state index contributed by atoms with van der Waals surface area (Å²) in [5.74, 6) is -1.79. The maximum atomic E-state index is 14.7. The first-order valence-corrected chi connectivity index (χ1v) is 6.66. The van der Waals surface area contributed by atoms with E-state index >= 15 is 0 Å². The normalized spacial score (nSPS) is 31.2. The van der Waals surface area contributed by atoms with Crippen LogP contribution in [0.1, 0.15) is 20.8 Å². The molecule has 126 valence electrons. The number of carbonyl (C=O) groups is 3. The Morgan fingerprint density at radius 2 is 1.82 bits per heavy atom. The van der Waals surface area contributed by atoms with Gasteiger partial charge in [-0.25, -0.2) is 4.39 Å². The number of methoxy groups -OCH3 is 1. The lowest BCUT2D eigenvalue weighted by atomic mass is 9.98. The standard InChI is InChI=1S/C13H20FNO7/c1-6(16)15-11-10(14)12(21-8(3)18)9(5-20-7(2)17)22-13(11)19-4/h9-13H,5H2,1-4H3,(H,15,16). The van der Waals surface area contributed by atoms with Crippen molar-refractivity contribution in [3.05, 3.63) is 0 Å². The summed E-state index contributed by atoms with van der Waals surface area (Å²) in [6.45, 7) is 3.21. The van der Waals surface area contributed by atoms with Gasteiger partial charge in [-0.15, -0.1) is 0 Å². The second kappa shape index (κ2) is 8.04. The Morgan fingerprint density at radius 1 is 1.18 bits per heavy atom. The molecule has 9 heteroatoms. The van der Waals surface area contributed by atoms with E-state index in [1.54, 1.807) is 0 Å². The molecule has 0 saturated carbocycles. The molecule has 5 atom stereocenters. The van der Waals surface area contributed by atoms with Crippen molar-refractivity contribution < 1.29 is 37.7 Å². The van der Waals surface area contributed by atoms with Gasteiger partial charge in [-0.2, -0.15) is 0 Å². The molecule has 1 amide bonds. The van der Waals surface area contributed by atoms with Crippen molar-refractivity contribution in [1.29, 1.82) is 0 Å². The van der Waals surface area contributed by atoms with Crippen LogP contribution in [0.2, 0.25) is 0 Å². The van der Waals surface area contributed by atoms with Crippen LogP contribution in [0.5, 0.6) is 0 Å². The van der Waals surface area contributed by atoms with Crippen molar-refractivity contribution in [1.82, 2.24) is 5.32 Å². The Kier molecular flexibility index (Phi) is 6.69. The molecule has 1 N–H and O–H groups in total. The van der Waals surface area contributed by atoms with Crippen LogP contribution in [-0.2, 0) is 33.3 Å². The summed E-state index contributed by atoms with van der Waals surface area (Å²) >= 11 is 0. The van der Waals surface area contributed by atoms with Gasteiger partial charge in [-0.1, -0.05) is 0 Å². The predicted molar refractivity (Wildman–Crippen MR) is 70.4 cm³/mol. The van der Waals surface area contributed by atoms with Crippen LogP contribution in [0, 0.1) is 0 Å². The minimum atomic E-state index is -1.79. The summed E-state index contributed by atoms with van der Waals surface area (Å²) in [5, 5.41) is 2.36. The molecule has 0 radical (unpaired) electrons. The molecule has 1 saturated heterocycles. The zero-order valence-electron chi connectivity index (χ0n) is 12.8. The van der Waals surface area contributed by atoms with Crippen molar-refractivity contribution in [2.24, 2.45) is 0 Å². The largest absolute Gasteiger partial charge is 0.463 e. The van der Waals surface area contributed by atoms with Crippen LogP contribution in [0.15, 0.2) is 0 Å². The molecule has 1 rings (SSSR count). The number of halogens is 1. The van der Waals surface area contributed by atoms with Gasteiger partial charge in [0, 0.05) is 27.9 Å². The molecule has 5 unspecified atom stereocenters. The lowest BCUT2D eigenvalue weighted by Gasteiger charge is -2.42. The molecule has 8 nitrogen and oxygen atoms in total. The van der Waals surface area contributed by atoms with Crippen LogP contribution in [0.25, 0.3) is 0 Å². The van der Waals surface area contributed by atoms with Gasteiger partial charge in [0.25, 0.3) is 0 Å². The molecule has 0 aliphatic carbocycles. The number of ether oxygens (including phenoxy) is 4. The van der Waals surface area contributed by atoms with Crippen molar-refractivity contribution in [3.63, 3.8) is 0 Å². The number of alkyl halides is 1. The number of nitrogens with one attached hydrogen (secondary N) is 1. The number of hydrogen-bond donors (Lipinski definition) is 1. The third-order valence-corrected chi connectivity index (χ3v) is 2.98. The maximum absolute atomic E-state index is 14.7. The molecule has 0 aromatic carbocycles. The van der Waals surface area contributed by atoms with Crippen molar-refractivity contribution >= 4 is 17.8 Å². The molecular weight excluding hydrogens is 301 g/mol. The van der Waals surface area contributed by atoms with Gasteiger partial charge in [0.15, 0.2) is 18.6 Å². The summed E-state index contributed by atoms with van der Waals surface area (Å²) in [6.07, 6.45) is -5.27. The second-order valence-corrected chi connectivity index (χ2v) is 4.83. The average molecular weight is 321 g/mol. The van der Waals surface area contributed by atoms with E-state index in [9.17, 15) is 18.8 Å². The monoisotopic (exact) mass is 321 g/mol. The van der Waals surface area contributed by atoms with Crippen LogP contribution in [0.4, 0.5) is 4.39 Å². The molecule has 1 heterocycles. The zero-order valence-corrected chi connectivity index (χ0v) is 12.8. The Bertz CT molecular complexity index is 429. The second-order valence-electron chi connectivity index (χ2n) is 4.83. The highest BCUT2D eigenvalue weighted by atomic mass is 19.1. The van der Waals surface area contributed by atoms with E-state index in [1.165, 1.54) is 21.0 Å². The third kappa shape index (κ3) is 4.92. The zero-order chi connectivity index (χ0) is 16.9. The first kappa shape index (κ1) is 18.3. The topological polar surface area (TPSA) is 100 Å². The van der Waals surface area contributed by atoms with Gasteiger partial charge < -0.3 is 24.3 Å². The molecular formula is C13H20FNO7. The van der Waals surface area contributed by atoms with Crippen LogP contribution >= 0.6 is 0 Å². The highest BCUT2D eigenvalue weighted by Gasteiger charge is 2.49. The van der Waals surface area contributed by atoms with E-state index in [2.05, 4.69) is 5.32 Å². The summed E-state index contributed by atoms with van der Waals surface area (Å²) in [4.78, 5) is 33.2. The van der Waals surface area contributed by atoms with E-state index in [-0.39, 0.29) is 6.61 Å². The summed E-state index contributed by atoms with van der Waals surface area (Å²) in [7, 11) is 1.28. The molecule has 1 aliphatic rings. The summed E-state index contributed by atoms with van der Waals surface area (Å²) < 4.78 is 34.8. The number of amides is 1. The van der Waals surface area contributed by atoms with E-state index in [0.29, 0.717) is 0 Å². The number of hydrogen-bond acceptors (Lipinski definition) is 7. The van der Waals surface area contributed by atoms with Gasteiger partial charge in [-0.3, -0.25) is 14.4 Å². The smallest absolute Gasteiger partial charge is 0.303 e. The molecule has 22 heavy (non-hydrogen) atoms. The predicted octanol–water partition coefficient (Wildman–Crippen LogP) is -0.305. The minimum absolute atomic E-state index is 0.305.